The summed E-state index contributed by atoms with van der Waals surface area (Å²) in [7, 11) is 0. The molecule has 0 spiro atoms. The van der Waals surface area contributed by atoms with Crippen molar-refractivity contribution in [2.24, 2.45) is 5.73 Å². The maximum atomic E-state index is 11.8. The SMILES string of the molecule is Cc1ccc(CC(N)CCOCC(F)F)c(Cl)c1. The molecule has 0 bridgehead atoms. The van der Waals surface area contributed by atoms with Gasteiger partial charge in [0.1, 0.15) is 6.61 Å². The highest BCUT2D eigenvalue weighted by atomic mass is 35.5. The summed E-state index contributed by atoms with van der Waals surface area (Å²) in [5, 5.41) is 0.693. The molecular weight excluding hydrogens is 260 g/mol. The van der Waals surface area contributed by atoms with E-state index in [1.807, 2.05) is 25.1 Å². The highest BCUT2D eigenvalue weighted by molar-refractivity contribution is 6.31. The van der Waals surface area contributed by atoms with Gasteiger partial charge >= 0.3 is 0 Å². The average molecular weight is 278 g/mol. The van der Waals surface area contributed by atoms with Crippen LogP contribution < -0.4 is 5.73 Å². The first-order valence-electron chi connectivity index (χ1n) is 5.85. The highest BCUT2D eigenvalue weighted by Crippen LogP contribution is 2.19. The Morgan fingerprint density at radius 2 is 2.11 bits per heavy atom. The number of benzene rings is 1. The molecule has 1 aromatic rings. The molecule has 0 amide bonds. The number of aryl methyl sites for hydroxylation is 1. The number of hydrogen-bond donors (Lipinski definition) is 1. The van der Waals surface area contributed by atoms with E-state index in [0.717, 1.165) is 11.1 Å². The van der Waals surface area contributed by atoms with Crippen molar-refractivity contribution in [3.8, 4) is 0 Å². The molecule has 0 aliphatic rings. The molecule has 0 fully saturated rings. The van der Waals surface area contributed by atoms with Crippen molar-refractivity contribution in [2.45, 2.75) is 32.2 Å². The minimum atomic E-state index is -2.42. The van der Waals surface area contributed by atoms with Gasteiger partial charge < -0.3 is 10.5 Å². The fraction of sp³-hybridized carbons (Fsp3) is 0.538. The Kier molecular flexibility index (Phi) is 6.54. The van der Waals surface area contributed by atoms with Crippen molar-refractivity contribution < 1.29 is 13.5 Å². The third kappa shape index (κ3) is 5.76. The topological polar surface area (TPSA) is 35.2 Å². The van der Waals surface area contributed by atoms with Crippen LogP contribution >= 0.6 is 11.6 Å². The van der Waals surface area contributed by atoms with E-state index in [4.69, 9.17) is 22.1 Å². The standard InChI is InChI=1S/C13H18ClF2NO/c1-9-2-3-10(12(14)6-9)7-11(17)4-5-18-8-13(15)16/h2-3,6,11,13H,4-5,7-8,17H2,1H3. The van der Waals surface area contributed by atoms with Crippen molar-refractivity contribution in [1.82, 2.24) is 0 Å². The number of hydrogen-bond acceptors (Lipinski definition) is 2. The lowest BCUT2D eigenvalue weighted by atomic mass is 10.0. The Morgan fingerprint density at radius 3 is 2.72 bits per heavy atom. The molecule has 0 heterocycles. The molecule has 1 rings (SSSR count). The van der Waals surface area contributed by atoms with Gasteiger partial charge in [-0.15, -0.1) is 0 Å². The summed E-state index contributed by atoms with van der Waals surface area (Å²) in [6, 6.07) is 5.67. The van der Waals surface area contributed by atoms with Crippen LogP contribution in [0.5, 0.6) is 0 Å². The smallest absolute Gasteiger partial charge is 0.261 e. The monoisotopic (exact) mass is 277 g/mol. The van der Waals surface area contributed by atoms with Gasteiger partial charge in [-0.25, -0.2) is 8.78 Å². The van der Waals surface area contributed by atoms with Crippen molar-refractivity contribution >= 4 is 11.6 Å². The summed E-state index contributed by atoms with van der Waals surface area (Å²) < 4.78 is 28.4. The van der Waals surface area contributed by atoms with Crippen LogP contribution in [0, 0.1) is 6.92 Å². The molecule has 0 aliphatic heterocycles. The average Bonchev–Trinajstić information content (AvgIpc) is 2.28. The first-order chi connectivity index (χ1) is 8.49. The largest absolute Gasteiger partial charge is 0.375 e. The predicted octanol–water partition coefficient (Wildman–Crippen LogP) is 3.19. The molecule has 1 atom stereocenters. The second-order valence-corrected chi connectivity index (χ2v) is 4.72. The van der Waals surface area contributed by atoms with E-state index in [-0.39, 0.29) is 12.6 Å². The van der Waals surface area contributed by atoms with Crippen LogP contribution in [0.25, 0.3) is 0 Å². The van der Waals surface area contributed by atoms with E-state index < -0.39 is 13.0 Å². The van der Waals surface area contributed by atoms with Crippen LogP contribution in [0.1, 0.15) is 17.5 Å². The zero-order chi connectivity index (χ0) is 13.5. The Balaban J connectivity index is 2.33. The van der Waals surface area contributed by atoms with E-state index in [1.54, 1.807) is 0 Å². The van der Waals surface area contributed by atoms with Crippen molar-refractivity contribution in [3.05, 3.63) is 34.3 Å². The van der Waals surface area contributed by atoms with Crippen molar-refractivity contribution in [1.29, 1.82) is 0 Å². The fourth-order valence-corrected chi connectivity index (χ4v) is 1.92. The molecule has 0 aromatic heterocycles. The van der Waals surface area contributed by atoms with Gasteiger partial charge in [-0.05, 0) is 37.0 Å². The Bertz CT molecular complexity index is 374. The molecule has 2 nitrogen and oxygen atoms in total. The first kappa shape index (κ1) is 15.3. The van der Waals surface area contributed by atoms with Crippen LogP contribution in [0.4, 0.5) is 8.78 Å². The maximum absolute atomic E-state index is 11.8. The molecule has 0 saturated carbocycles. The quantitative estimate of drug-likeness (QED) is 0.777. The van der Waals surface area contributed by atoms with Gasteiger partial charge in [0, 0.05) is 17.7 Å². The summed E-state index contributed by atoms with van der Waals surface area (Å²) >= 11 is 6.09. The van der Waals surface area contributed by atoms with Gasteiger partial charge in [-0.1, -0.05) is 23.7 Å². The predicted molar refractivity (Wildman–Crippen MR) is 69.3 cm³/mol. The van der Waals surface area contributed by atoms with E-state index in [0.29, 0.717) is 17.9 Å². The van der Waals surface area contributed by atoms with Gasteiger partial charge in [0.25, 0.3) is 6.43 Å². The van der Waals surface area contributed by atoms with Gasteiger partial charge in [-0.3, -0.25) is 0 Å². The summed E-state index contributed by atoms with van der Waals surface area (Å²) in [4.78, 5) is 0. The third-order valence-electron chi connectivity index (χ3n) is 2.57. The lowest BCUT2D eigenvalue weighted by Gasteiger charge is -2.13. The first-order valence-corrected chi connectivity index (χ1v) is 6.23. The number of rotatable bonds is 7. The molecule has 1 unspecified atom stereocenters. The maximum Gasteiger partial charge on any atom is 0.261 e. The van der Waals surface area contributed by atoms with E-state index in [2.05, 4.69) is 0 Å². The second-order valence-electron chi connectivity index (χ2n) is 4.31. The molecule has 18 heavy (non-hydrogen) atoms. The minimum Gasteiger partial charge on any atom is -0.375 e. The summed E-state index contributed by atoms with van der Waals surface area (Å²) in [5.41, 5.74) is 7.97. The number of halogens is 3. The van der Waals surface area contributed by atoms with E-state index in [9.17, 15) is 8.78 Å². The van der Waals surface area contributed by atoms with Gasteiger partial charge in [0.15, 0.2) is 0 Å². The van der Waals surface area contributed by atoms with Crippen LogP contribution in [-0.4, -0.2) is 25.7 Å². The molecule has 5 heteroatoms. The molecule has 2 N–H and O–H groups in total. The molecule has 1 aromatic carbocycles. The Hall–Kier alpha value is -0.710. The number of ether oxygens (including phenoxy) is 1. The van der Waals surface area contributed by atoms with E-state index >= 15 is 0 Å². The number of alkyl halides is 2. The van der Waals surface area contributed by atoms with Crippen LogP contribution in [0.15, 0.2) is 18.2 Å². The number of nitrogens with two attached hydrogens (primary N) is 1. The Morgan fingerprint density at radius 1 is 1.39 bits per heavy atom. The van der Waals surface area contributed by atoms with Gasteiger partial charge in [0.2, 0.25) is 0 Å². The molecular formula is C13H18ClF2NO. The fourth-order valence-electron chi connectivity index (χ4n) is 1.61. The molecule has 0 radical (unpaired) electrons. The van der Waals surface area contributed by atoms with Crippen molar-refractivity contribution in [3.63, 3.8) is 0 Å². The van der Waals surface area contributed by atoms with Gasteiger partial charge in [0.05, 0.1) is 0 Å². The summed E-state index contributed by atoms with van der Waals surface area (Å²) in [5.74, 6) is 0. The lowest BCUT2D eigenvalue weighted by molar-refractivity contribution is 0.0153. The van der Waals surface area contributed by atoms with E-state index in [1.165, 1.54) is 0 Å². The summed E-state index contributed by atoms with van der Waals surface area (Å²) in [6.07, 6.45) is -1.26. The lowest BCUT2D eigenvalue weighted by Crippen LogP contribution is -2.25. The Labute approximate surface area is 111 Å². The summed E-state index contributed by atoms with van der Waals surface area (Å²) in [6.45, 7) is 1.68. The van der Waals surface area contributed by atoms with Gasteiger partial charge in [-0.2, -0.15) is 0 Å². The highest BCUT2D eigenvalue weighted by Gasteiger charge is 2.08. The molecule has 0 aliphatic carbocycles. The normalized spacial score (nSPS) is 13.0. The van der Waals surface area contributed by atoms with Crippen LogP contribution in [0.3, 0.4) is 0 Å². The molecule has 102 valence electrons. The zero-order valence-electron chi connectivity index (χ0n) is 10.3. The minimum absolute atomic E-state index is 0.136. The van der Waals surface area contributed by atoms with Crippen LogP contribution in [0.2, 0.25) is 5.02 Å². The zero-order valence-corrected chi connectivity index (χ0v) is 11.1. The van der Waals surface area contributed by atoms with Crippen molar-refractivity contribution in [2.75, 3.05) is 13.2 Å². The second kappa shape index (κ2) is 7.67. The molecule has 0 saturated heterocycles. The third-order valence-corrected chi connectivity index (χ3v) is 2.92. The van der Waals surface area contributed by atoms with Crippen LogP contribution in [-0.2, 0) is 11.2 Å².